The summed E-state index contributed by atoms with van der Waals surface area (Å²) < 4.78 is 5.80. The first-order valence-corrected chi connectivity index (χ1v) is 7.31. The number of aromatic nitrogens is 1. The van der Waals surface area contributed by atoms with Crippen LogP contribution in [-0.4, -0.2) is 4.98 Å². The van der Waals surface area contributed by atoms with Crippen molar-refractivity contribution in [3.63, 3.8) is 0 Å². The highest BCUT2D eigenvalue weighted by molar-refractivity contribution is 5.74. The van der Waals surface area contributed by atoms with Crippen LogP contribution >= 0.6 is 0 Å². The third-order valence-corrected chi connectivity index (χ3v) is 3.44. The number of rotatable bonds is 4. The predicted molar refractivity (Wildman–Crippen MR) is 85.2 cm³/mol. The van der Waals surface area contributed by atoms with E-state index in [0.29, 0.717) is 11.8 Å². The fraction of sp³-hybridized carbons (Fsp3) is 0.389. The Kier molecular flexibility index (Phi) is 4.78. The minimum atomic E-state index is 0.617. The van der Waals surface area contributed by atoms with Gasteiger partial charge in [-0.2, -0.15) is 0 Å². The van der Waals surface area contributed by atoms with E-state index in [4.69, 9.17) is 4.42 Å². The van der Waals surface area contributed by atoms with Gasteiger partial charge in [-0.3, -0.25) is 0 Å². The molecule has 0 aromatic carbocycles. The second kappa shape index (κ2) is 6.56. The molecule has 1 aliphatic rings. The van der Waals surface area contributed by atoms with E-state index in [-0.39, 0.29) is 0 Å². The van der Waals surface area contributed by atoms with Crippen molar-refractivity contribution in [2.45, 2.75) is 40.5 Å². The lowest BCUT2D eigenvalue weighted by atomic mass is 9.96. The molecule has 0 saturated heterocycles. The van der Waals surface area contributed by atoms with Crippen LogP contribution in [0.5, 0.6) is 0 Å². The molecule has 0 saturated carbocycles. The Morgan fingerprint density at radius 3 is 2.95 bits per heavy atom. The van der Waals surface area contributed by atoms with Crippen LogP contribution in [0.4, 0.5) is 0 Å². The van der Waals surface area contributed by atoms with Gasteiger partial charge in [-0.25, -0.2) is 4.98 Å². The summed E-state index contributed by atoms with van der Waals surface area (Å²) in [4.78, 5) is 4.65. The molecule has 2 rings (SSSR count). The molecule has 1 aromatic heterocycles. The number of aryl methyl sites for hydroxylation is 1. The van der Waals surface area contributed by atoms with Gasteiger partial charge >= 0.3 is 0 Å². The van der Waals surface area contributed by atoms with Crippen molar-refractivity contribution in [3.05, 3.63) is 53.8 Å². The minimum Gasteiger partial charge on any atom is -0.441 e. The van der Waals surface area contributed by atoms with Gasteiger partial charge in [-0.1, -0.05) is 50.3 Å². The monoisotopic (exact) mass is 269 g/mol. The SMILES string of the molecule is CCC=CC=C(C)c1nc(C2=CCC(C)C=C2)c(C)o1. The van der Waals surface area contributed by atoms with Crippen LogP contribution in [0.15, 0.2) is 40.9 Å². The van der Waals surface area contributed by atoms with Gasteiger partial charge in [0.25, 0.3) is 0 Å². The molecule has 0 amide bonds. The maximum Gasteiger partial charge on any atom is 0.222 e. The second-order valence-electron chi connectivity index (χ2n) is 5.34. The smallest absolute Gasteiger partial charge is 0.222 e. The van der Waals surface area contributed by atoms with Crippen molar-refractivity contribution < 1.29 is 4.42 Å². The highest BCUT2D eigenvalue weighted by atomic mass is 16.4. The number of hydrogen-bond donors (Lipinski definition) is 0. The summed E-state index contributed by atoms with van der Waals surface area (Å²) in [6.45, 7) is 8.35. The van der Waals surface area contributed by atoms with Crippen LogP contribution in [-0.2, 0) is 0 Å². The van der Waals surface area contributed by atoms with E-state index in [1.54, 1.807) is 0 Å². The third kappa shape index (κ3) is 3.38. The number of allylic oxidation sites excluding steroid dienone is 8. The van der Waals surface area contributed by atoms with Gasteiger partial charge in [0, 0.05) is 5.57 Å². The second-order valence-corrected chi connectivity index (χ2v) is 5.34. The number of nitrogens with zero attached hydrogens (tertiary/aromatic N) is 1. The fourth-order valence-electron chi connectivity index (χ4n) is 2.16. The molecular formula is C18H23NO. The molecule has 0 fully saturated rings. The fourth-order valence-corrected chi connectivity index (χ4v) is 2.16. The molecule has 1 aromatic rings. The average molecular weight is 269 g/mol. The Balaban J connectivity index is 2.24. The van der Waals surface area contributed by atoms with Crippen LogP contribution in [0.3, 0.4) is 0 Å². The van der Waals surface area contributed by atoms with Crippen LogP contribution in [0.1, 0.15) is 51.0 Å². The predicted octanol–water partition coefficient (Wildman–Crippen LogP) is 5.33. The van der Waals surface area contributed by atoms with Gasteiger partial charge < -0.3 is 4.42 Å². The summed E-state index contributed by atoms with van der Waals surface area (Å²) in [6.07, 6.45) is 15.0. The lowest BCUT2D eigenvalue weighted by molar-refractivity contribution is 0.512. The lowest BCUT2D eigenvalue weighted by Gasteiger charge is -2.09. The van der Waals surface area contributed by atoms with Crippen molar-refractivity contribution in [1.82, 2.24) is 4.98 Å². The Bertz CT molecular complexity index is 585. The third-order valence-electron chi connectivity index (χ3n) is 3.44. The minimum absolute atomic E-state index is 0.617. The Hall–Kier alpha value is -1.83. The van der Waals surface area contributed by atoms with Gasteiger partial charge in [0.15, 0.2) is 0 Å². The molecule has 0 aliphatic heterocycles. The lowest BCUT2D eigenvalue weighted by Crippen LogP contribution is -1.95. The molecule has 1 atom stereocenters. The topological polar surface area (TPSA) is 26.0 Å². The van der Waals surface area contributed by atoms with E-state index in [1.165, 1.54) is 5.57 Å². The van der Waals surface area contributed by atoms with Crippen molar-refractivity contribution >= 4 is 11.1 Å². The molecular weight excluding hydrogens is 246 g/mol. The maximum atomic E-state index is 5.80. The van der Waals surface area contributed by atoms with Crippen molar-refractivity contribution in [2.75, 3.05) is 0 Å². The zero-order valence-corrected chi connectivity index (χ0v) is 12.8. The Labute approximate surface area is 121 Å². The van der Waals surface area contributed by atoms with E-state index >= 15 is 0 Å². The number of hydrogen-bond acceptors (Lipinski definition) is 2. The normalized spacial score (nSPS) is 19.7. The van der Waals surface area contributed by atoms with Crippen LogP contribution < -0.4 is 0 Å². The Morgan fingerprint density at radius 2 is 2.30 bits per heavy atom. The highest BCUT2D eigenvalue weighted by Gasteiger charge is 2.15. The summed E-state index contributed by atoms with van der Waals surface area (Å²) in [5.74, 6) is 2.22. The quantitative estimate of drug-likeness (QED) is 0.690. The van der Waals surface area contributed by atoms with E-state index < -0.39 is 0 Å². The van der Waals surface area contributed by atoms with Gasteiger partial charge in [0.05, 0.1) is 0 Å². The molecule has 20 heavy (non-hydrogen) atoms. The molecule has 1 unspecified atom stereocenters. The summed E-state index contributed by atoms with van der Waals surface area (Å²) in [5.41, 5.74) is 3.20. The van der Waals surface area contributed by atoms with Crippen molar-refractivity contribution in [2.24, 2.45) is 5.92 Å². The van der Waals surface area contributed by atoms with Crippen molar-refractivity contribution in [3.8, 4) is 0 Å². The van der Waals surface area contributed by atoms with Crippen molar-refractivity contribution in [1.29, 1.82) is 0 Å². The van der Waals surface area contributed by atoms with Gasteiger partial charge in [0.1, 0.15) is 11.5 Å². The zero-order valence-electron chi connectivity index (χ0n) is 12.8. The first-order valence-electron chi connectivity index (χ1n) is 7.31. The summed E-state index contributed by atoms with van der Waals surface area (Å²) in [7, 11) is 0. The highest BCUT2D eigenvalue weighted by Crippen LogP contribution is 2.28. The molecule has 0 radical (unpaired) electrons. The van der Waals surface area contributed by atoms with Gasteiger partial charge in [-0.05, 0) is 38.2 Å². The van der Waals surface area contributed by atoms with Gasteiger partial charge in [0.2, 0.25) is 5.89 Å². The first kappa shape index (κ1) is 14.6. The largest absolute Gasteiger partial charge is 0.441 e. The Morgan fingerprint density at radius 1 is 1.50 bits per heavy atom. The molecule has 106 valence electrons. The molecule has 0 spiro atoms. The van der Waals surface area contributed by atoms with Gasteiger partial charge in [-0.15, -0.1) is 0 Å². The van der Waals surface area contributed by atoms with E-state index in [9.17, 15) is 0 Å². The summed E-state index contributed by atoms with van der Waals surface area (Å²) in [5, 5.41) is 0. The van der Waals surface area contributed by atoms with Crippen LogP contribution in [0.2, 0.25) is 0 Å². The molecule has 0 N–H and O–H groups in total. The van der Waals surface area contributed by atoms with E-state index in [2.05, 4.69) is 49.2 Å². The average Bonchev–Trinajstić information content (AvgIpc) is 2.82. The molecule has 1 aliphatic carbocycles. The summed E-state index contributed by atoms with van der Waals surface area (Å²) >= 11 is 0. The molecule has 0 bridgehead atoms. The number of oxazole rings is 1. The summed E-state index contributed by atoms with van der Waals surface area (Å²) in [6, 6.07) is 0. The standard InChI is InChI=1S/C18H23NO/c1-5-6-7-8-14(3)18-19-17(15(4)20-18)16-11-9-13(2)10-12-16/h6-9,11-13H,5,10H2,1-4H3. The van der Waals surface area contributed by atoms with Crippen LogP contribution in [0, 0.1) is 12.8 Å². The molecule has 2 nitrogen and oxygen atoms in total. The first-order chi connectivity index (χ1) is 9.61. The zero-order chi connectivity index (χ0) is 14.5. The molecule has 1 heterocycles. The van der Waals surface area contributed by atoms with E-state index in [0.717, 1.165) is 29.9 Å². The molecule has 2 heteroatoms. The van der Waals surface area contributed by atoms with E-state index in [1.807, 2.05) is 19.9 Å². The maximum absolute atomic E-state index is 5.80. The van der Waals surface area contributed by atoms with Crippen LogP contribution in [0.25, 0.3) is 11.1 Å².